The molecule has 1 heterocycles. The molecule has 0 aliphatic heterocycles. The maximum absolute atomic E-state index is 13.5. The zero-order chi connectivity index (χ0) is 11.7. The van der Waals surface area contributed by atoms with Gasteiger partial charge < -0.3 is 5.73 Å². The standard InChI is InChI=1S/C10H8BrF2N3/c11-7-3-8(12)6(2-9(7)13)10-1-5(4-14)15-16-10/h1-3H,4,14H2,(H,15,16). The van der Waals surface area contributed by atoms with E-state index in [4.69, 9.17) is 5.73 Å². The summed E-state index contributed by atoms with van der Waals surface area (Å²) in [6, 6.07) is 3.75. The second-order valence-electron chi connectivity index (χ2n) is 3.23. The Bertz CT molecular complexity index is 525. The van der Waals surface area contributed by atoms with Crippen molar-refractivity contribution < 1.29 is 8.78 Å². The summed E-state index contributed by atoms with van der Waals surface area (Å²) in [6.45, 7) is 0.271. The monoisotopic (exact) mass is 287 g/mol. The molecule has 1 aromatic heterocycles. The first-order valence-corrected chi connectivity index (χ1v) is 5.30. The molecule has 0 aliphatic rings. The fourth-order valence-corrected chi connectivity index (χ4v) is 1.64. The Morgan fingerprint density at radius 3 is 2.62 bits per heavy atom. The van der Waals surface area contributed by atoms with E-state index < -0.39 is 11.6 Å². The van der Waals surface area contributed by atoms with Crippen LogP contribution in [0.1, 0.15) is 5.69 Å². The molecule has 0 bridgehead atoms. The predicted octanol–water partition coefficient (Wildman–Crippen LogP) is 2.58. The fraction of sp³-hybridized carbons (Fsp3) is 0.100. The van der Waals surface area contributed by atoms with Gasteiger partial charge in [-0.25, -0.2) is 8.78 Å². The van der Waals surface area contributed by atoms with Gasteiger partial charge in [-0.2, -0.15) is 5.10 Å². The maximum atomic E-state index is 13.5. The summed E-state index contributed by atoms with van der Waals surface area (Å²) in [5.41, 5.74) is 6.50. The lowest BCUT2D eigenvalue weighted by Gasteiger charge is -2.01. The van der Waals surface area contributed by atoms with Crippen molar-refractivity contribution in [3.05, 3.63) is 40.0 Å². The van der Waals surface area contributed by atoms with E-state index in [1.54, 1.807) is 6.07 Å². The van der Waals surface area contributed by atoms with E-state index in [2.05, 4.69) is 26.1 Å². The number of aromatic nitrogens is 2. The summed E-state index contributed by atoms with van der Waals surface area (Å²) < 4.78 is 26.9. The number of nitrogens with one attached hydrogen (secondary N) is 1. The number of nitrogens with zero attached hydrogens (tertiary/aromatic N) is 1. The van der Waals surface area contributed by atoms with E-state index in [1.807, 2.05) is 0 Å². The van der Waals surface area contributed by atoms with Gasteiger partial charge in [0.15, 0.2) is 0 Å². The molecular weight excluding hydrogens is 280 g/mol. The lowest BCUT2D eigenvalue weighted by molar-refractivity contribution is 0.597. The van der Waals surface area contributed by atoms with Gasteiger partial charge in [-0.05, 0) is 34.1 Å². The Morgan fingerprint density at radius 1 is 1.25 bits per heavy atom. The summed E-state index contributed by atoms with van der Waals surface area (Å²) in [5, 5.41) is 6.50. The van der Waals surface area contributed by atoms with Crippen LogP contribution in [0.5, 0.6) is 0 Å². The molecule has 1 aromatic carbocycles. The van der Waals surface area contributed by atoms with E-state index >= 15 is 0 Å². The van der Waals surface area contributed by atoms with Crippen molar-refractivity contribution in [2.24, 2.45) is 5.73 Å². The predicted molar refractivity (Wildman–Crippen MR) is 59.5 cm³/mol. The van der Waals surface area contributed by atoms with Crippen LogP contribution < -0.4 is 5.73 Å². The number of hydrogen-bond acceptors (Lipinski definition) is 2. The average molecular weight is 288 g/mol. The smallest absolute Gasteiger partial charge is 0.138 e. The molecule has 0 spiro atoms. The van der Waals surface area contributed by atoms with Crippen molar-refractivity contribution >= 4 is 15.9 Å². The summed E-state index contributed by atoms with van der Waals surface area (Å²) in [7, 11) is 0. The lowest BCUT2D eigenvalue weighted by atomic mass is 10.1. The molecular formula is C10H8BrF2N3. The Kier molecular flexibility index (Phi) is 3.02. The Morgan fingerprint density at radius 2 is 2.00 bits per heavy atom. The van der Waals surface area contributed by atoms with Gasteiger partial charge in [0.1, 0.15) is 11.6 Å². The minimum Gasteiger partial charge on any atom is -0.325 e. The molecule has 84 valence electrons. The number of hydrogen-bond donors (Lipinski definition) is 2. The molecule has 0 aliphatic carbocycles. The first kappa shape index (κ1) is 11.2. The topological polar surface area (TPSA) is 54.7 Å². The first-order valence-electron chi connectivity index (χ1n) is 4.51. The minimum atomic E-state index is -0.539. The van der Waals surface area contributed by atoms with Crippen molar-refractivity contribution in [1.29, 1.82) is 0 Å². The van der Waals surface area contributed by atoms with Crippen molar-refractivity contribution in [1.82, 2.24) is 10.2 Å². The van der Waals surface area contributed by atoms with Gasteiger partial charge in [0.25, 0.3) is 0 Å². The van der Waals surface area contributed by atoms with Gasteiger partial charge in [0, 0.05) is 17.8 Å². The largest absolute Gasteiger partial charge is 0.325 e. The third kappa shape index (κ3) is 1.98. The quantitative estimate of drug-likeness (QED) is 0.834. The van der Waals surface area contributed by atoms with Gasteiger partial charge in [0.05, 0.1) is 10.2 Å². The highest BCUT2D eigenvalue weighted by Crippen LogP contribution is 2.26. The van der Waals surface area contributed by atoms with Crippen LogP contribution >= 0.6 is 15.9 Å². The normalized spacial score (nSPS) is 10.8. The molecule has 0 amide bonds. The molecule has 2 aromatic rings. The Hall–Kier alpha value is -1.27. The summed E-state index contributed by atoms with van der Waals surface area (Å²) in [6.07, 6.45) is 0. The van der Waals surface area contributed by atoms with Crippen molar-refractivity contribution in [2.75, 3.05) is 0 Å². The highest BCUT2D eigenvalue weighted by molar-refractivity contribution is 9.10. The molecule has 0 radical (unpaired) electrons. The summed E-state index contributed by atoms with van der Waals surface area (Å²) >= 11 is 2.91. The molecule has 3 N–H and O–H groups in total. The third-order valence-electron chi connectivity index (χ3n) is 2.14. The van der Waals surface area contributed by atoms with E-state index in [-0.39, 0.29) is 16.6 Å². The number of halogens is 3. The number of benzene rings is 1. The van der Waals surface area contributed by atoms with Crippen molar-refractivity contribution in [2.45, 2.75) is 6.54 Å². The lowest BCUT2D eigenvalue weighted by Crippen LogP contribution is -1.95. The van der Waals surface area contributed by atoms with Crippen LogP contribution in [-0.2, 0) is 6.54 Å². The number of aromatic amines is 1. The average Bonchev–Trinajstić information content (AvgIpc) is 2.71. The molecule has 0 saturated carbocycles. The molecule has 0 atom stereocenters. The molecule has 3 nitrogen and oxygen atoms in total. The molecule has 0 unspecified atom stereocenters. The zero-order valence-electron chi connectivity index (χ0n) is 8.10. The molecule has 0 fully saturated rings. The van der Waals surface area contributed by atoms with Gasteiger partial charge in [-0.3, -0.25) is 5.10 Å². The minimum absolute atomic E-state index is 0.0864. The van der Waals surface area contributed by atoms with Crippen LogP contribution in [0, 0.1) is 11.6 Å². The highest BCUT2D eigenvalue weighted by atomic mass is 79.9. The van der Waals surface area contributed by atoms with Crippen molar-refractivity contribution in [3.8, 4) is 11.3 Å². The van der Waals surface area contributed by atoms with Crippen LogP contribution in [0.25, 0.3) is 11.3 Å². The summed E-state index contributed by atoms with van der Waals surface area (Å²) in [4.78, 5) is 0. The Labute approximate surface area is 98.8 Å². The molecule has 2 rings (SSSR count). The molecule has 0 saturated heterocycles. The first-order chi connectivity index (χ1) is 7.61. The Balaban J connectivity index is 2.51. The fourth-order valence-electron chi connectivity index (χ4n) is 1.32. The zero-order valence-corrected chi connectivity index (χ0v) is 9.68. The van der Waals surface area contributed by atoms with Crippen molar-refractivity contribution in [3.63, 3.8) is 0 Å². The number of nitrogens with two attached hydrogens (primary N) is 1. The molecule has 6 heteroatoms. The van der Waals surface area contributed by atoms with E-state index in [0.717, 1.165) is 12.1 Å². The maximum Gasteiger partial charge on any atom is 0.138 e. The van der Waals surface area contributed by atoms with Crippen LogP contribution in [0.4, 0.5) is 8.78 Å². The number of H-pyrrole nitrogens is 1. The third-order valence-corrected chi connectivity index (χ3v) is 2.74. The van der Waals surface area contributed by atoms with Gasteiger partial charge >= 0.3 is 0 Å². The second kappa shape index (κ2) is 4.31. The van der Waals surface area contributed by atoms with Gasteiger partial charge in [-0.15, -0.1) is 0 Å². The second-order valence-corrected chi connectivity index (χ2v) is 4.08. The summed E-state index contributed by atoms with van der Waals surface area (Å²) in [5.74, 6) is -1.07. The van der Waals surface area contributed by atoms with E-state index in [0.29, 0.717) is 11.4 Å². The van der Waals surface area contributed by atoms with Crippen LogP contribution in [-0.4, -0.2) is 10.2 Å². The SMILES string of the molecule is NCc1cc(-c2cc(F)c(Br)cc2F)n[nH]1. The van der Waals surface area contributed by atoms with Crippen LogP contribution in [0.15, 0.2) is 22.7 Å². The van der Waals surface area contributed by atoms with Crippen LogP contribution in [0.3, 0.4) is 0 Å². The van der Waals surface area contributed by atoms with Gasteiger partial charge in [-0.1, -0.05) is 0 Å². The van der Waals surface area contributed by atoms with E-state index in [1.165, 1.54) is 0 Å². The molecule has 16 heavy (non-hydrogen) atoms. The van der Waals surface area contributed by atoms with Gasteiger partial charge in [0.2, 0.25) is 0 Å². The van der Waals surface area contributed by atoms with Crippen LogP contribution in [0.2, 0.25) is 0 Å². The number of rotatable bonds is 2. The highest BCUT2D eigenvalue weighted by Gasteiger charge is 2.12. The van der Waals surface area contributed by atoms with E-state index in [9.17, 15) is 8.78 Å².